The van der Waals surface area contributed by atoms with E-state index in [2.05, 4.69) is 58.9 Å². The summed E-state index contributed by atoms with van der Waals surface area (Å²) in [5, 5.41) is 0. The second kappa shape index (κ2) is 16.0. The van der Waals surface area contributed by atoms with Crippen molar-refractivity contribution in [3.63, 3.8) is 0 Å². The molecule has 4 nitrogen and oxygen atoms in total. The lowest BCUT2D eigenvalue weighted by Crippen LogP contribution is -2.06. The fourth-order valence-corrected chi connectivity index (χ4v) is 3.68. The molecule has 0 bridgehead atoms. The van der Waals surface area contributed by atoms with E-state index in [-0.39, 0.29) is 5.97 Å². The summed E-state index contributed by atoms with van der Waals surface area (Å²) in [6, 6.07) is 3.51. The van der Waals surface area contributed by atoms with Crippen LogP contribution in [-0.2, 0) is 11.2 Å². The van der Waals surface area contributed by atoms with Crippen molar-refractivity contribution in [1.29, 1.82) is 0 Å². The van der Waals surface area contributed by atoms with Gasteiger partial charge in [-0.05, 0) is 91.7 Å². The highest BCUT2D eigenvalue weighted by Gasteiger charge is 2.16. The van der Waals surface area contributed by atoms with Crippen LogP contribution in [0, 0.1) is 0 Å². The van der Waals surface area contributed by atoms with Gasteiger partial charge in [0.1, 0.15) is 5.75 Å². The quantitative estimate of drug-likeness (QED) is 0.156. The van der Waals surface area contributed by atoms with Gasteiger partial charge in [0.05, 0.1) is 14.2 Å². The Balaban J connectivity index is 2.66. The smallest absolute Gasteiger partial charge is 0.308 e. The van der Waals surface area contributed by atoms with Gasteiger partial charge < -0.3 is 14.2 Å². The molecule has 0 saturated carbocycles. The molecule has 1 rings (SSSR count). The van der Waals surface area contributed by atoms with E-state index in [1.54, 1.807) is 26.4 Å². The number of hydrogen-bond acceptors (Lipinski definition) is 4. The predicted molar refractivity (Wildman–Crippen MR) is 143 cm³/mol. The first-order valence-corrected chi connectivity index (χ1v) is 12.2. The molecule has 4 heteroatoms. The molecule has 0 atom stereocenters. The fourth-order valence-electron chi connectivity index (χ4n) is 3.68. The Morgan fingerprint density at radius 1 is 0.706 bits per heavy atom. The molecule has 0 fully saturated rings. The minimum atomic E-state index is -0.354. The number of esters is 1. The lowest BCUT2D eigenvalue weighted by atomic mass is 10.0. The van der Waals surface area contributed by atoms with Crippen molar-refractivity contribution in [2.45, 2.75) is 86.5 Å². The van der Waals surface area contributed by atoms with Gasteiger partial charge in [0, 0.05) is 12.5 Å². The molecule has 0 N–H and O–H groups in total. The van der Waals surface area contributed by atoms with Gasteiger partial charge in [0.25, 0.3) is 0 Å². The van der Waals surface area contributed by atoms with Gasteiger partial charge in [-0.15, -0.1) is 0 Å². The monoisotopic (exact) mass is 468 g/mol. The summed E-state index contributed by atoms with van der Waals surface area (Å²) in [4.78, 5) is 11.5. The van der Waals surface area contributed by atoms with E-state index in [4.69, 9.17) is 14.2 Å². The van der Waals surface area contributed by atoms with Crippen molar-refractivity contribution < 1.29 is 19.0 Å². The second-order valence-electron chi connectivity index (χ2n) is 9.12. The summed E-state index contributed by atoms with van der Waals surface area (Å²) in [5.41, 5.74) is 6.41. The van der Waals surface area contributed by atoms with Crippen LogP contribution in [0.1, 0.15) is 85.6 Å². The molecule has 0 aliphatic heterocycles. The van der Waals surface area contributed by atoms with E-state index in [0.717, 1.165) is 44.1 Å². The highest BCUT2D eigenvalue weighted by atomic mass is 16.5. The maximum Gasteiger partial charge on any atom is 0.308 e. The Hall–Kier alpha value is -2.75. The molecule has 1 aromatic rings. The number of methoxy groups -OCH3 is 2. The first-order chi connectivity index (χ1) is 16.2. The topological polar surface area (TPSA) is 44.8 Å². The van der Waals surface area contributed by atoms with Crippen LogP contribution in [0.3, 0.4) is 0 Å². The Kier molecular flexibility index (Phi) is 13.8. The maximum atomic E-state index is 11.5. The van der Waals surface area contributed by atoms with E-state index in [0.29, 0.717) is 23.7 Å². The summed E-state index contributed by atoms with van der Waals surface area (Å²) in [7, 11) is 3.20. The van der Waals surface area contributed by atoms with Crippen molar-refractivity contribution in [3.8, 4) is 17.2 Å². The highest BCUT2D eigenvalue weighted by molar-refractivity contribution is 5.71. The largest absolute Gasteiger partial charge is 0.493 e. The Morgan fingerprint density at radius 3 is 1.68 bits per heavy atom. The fraction of sp³-hybridized carbons (Fsp3) is 0.500. The summed E-state index contributed by atoms with van der Waals surface area (Å²) in [5.74, 6) is 1.38. The Bertz CT molecular complexity index is 912. The van der Waals surface area contributed by atoms with Gasteiger partial charge >= 0.3 is 5.97 Å². The molecule has 0 unspecified atom stereocenters. The minimum Gasteiger partial charge on any atom is -0.493 e. The Morgan fingerprint density at radius 2 is 1.21 bits per heavy atom. The van der Waals surface area contributed by atoms with Gasteiger partial charge in [0.15, 0.2) is 11.5 Å². The SMILES string of the molecule is COc1ccc(OC(C)=O)c(CC=C(C)CCC=C(C)CCC=C(C)CCC=C(C)C)c1OC. The van der Waals surface area contributed by atoms with E-state index >= 15 is 0 Å². The van der Waals surface area contributed by atoms with Crippen LogP contribution in [0.15, 0.2) is 58.7 Å². The first kappa shape index (κ1) is 29.3. The third kappa shape index (κ3) is 11.4. The molecule has 0 aliphatic carbocycles. The zero-order chi connectivity index (χ0) is 25.5. The third-order valence-electron chi connectivity index (χ3n) is 5.67. The predicted octanol–water partition coefficient (Wildman–Crippen LogP) is 8.32. The van der Waals surface area contributed by atoms with Crippen molar-refractivity contribution in [3.05, 3.63) is 64.3 Å². The number of carbonyl (C=O) groups excluding carboxylic acids is 1. The summed E-state index contributed by atoms with van der Waals surface area (Å²) < 4.78 is 16.4. The average molecular weight is 469 g/mol. The lowest BCUT2D eigenvalue weighted by Gasteiger charge is -2.15. The molecule has 0 amide bonds. The summed E-state index contributed by atoms with van der Waals surface area (Å²) in [6.45, 7) is 12.3. The lowest BCUT2D eigenvalue weighted by molar-refractivity contribution is -0.131. The van der Waals surface area contributed by atoms with E-state index < -0.39 is 0 Å². The van der Waals surface area contributed by atoms with E-state index in [9.17, 15) is 4.79 Å². The van der Waals surface area contributed by atoms with Crippen LogP contribution in [0.4, 0.5) is 0 Å². The minimum absolute atomic E-state index is 0.354. The molecule has 0 radical (unpaired) electrons. The summed E-state index contributed by atoms with van der Waals surface area (Å²) >= 11 is 0. The van der Waals surface area contributed by atoms with Crippen LogP contribution >= 0.6 is 0 Å². The number of rotatable bonds is 14. The van der Waals surface area contributed by atoms with E-state index in [1.165, 1.54) is 29.2 Å². The molecule has 188 valence electrons. The number of hydrogen-bond donors (Lipinski definition) is 0. The van der Waals surface area contributed by atoms with Gasteiger partial charge in [0.2, 0.25) is 0 Å². The highest BCUT2D eigenvalue weighted by Crippen LogP contribution is 2.38. The van der Waals surface area contributed by atoms with Gasteiger partial charge in [-0.3, -0.25) is 4.79 Å². The van der Waals surface area contributed by atoms with Gasteiger partial charge in [-0.1, -0.05) is 46.6 Å². The van der Waals surface area contributed by atoms with Crippen LogP contribution in [0.2, 0.25) is 0 Å². The molecule has 0 aliphatic rings. The number of ether oxygens (including phenoxy) is 3. The van der Waals surface area contributed by atoms with Gasteiger partial charge in [-0.25, -0.2) is 0 Å². The Labute approximate surface area is 207 Å². The average Bonchev–Trinajstić information content (AvgIpc) is 2.77. The molecular formula is C30H44O4. The number of allylic oxidation sites excluding steroid dienone is 8. The van der Waals surface area contributed by atoms with Crippen molar-refractivity contribution >= 4 is 5.97 Å². The molecule has 0 saturated heterocycles. The maximum absolute atomic E-state index is 11.5. The zero-order valence-corrected chi connectivity index (χ0v) is 22.5. The summed E-state index contributed by atoms with van der Waals surface area (Å²) in [6.07, 6.45) is 16.3. The van der Waals surface area contributed by atoms with Crippen molar-refractivity contribution in [2.24, 2.45) is 0 Å². The molecular weight excluding hydrogens is 424 g/mol. The van der Waals surface area contributed by atoms with E-state index in [1.807, 2.05) is 0 Å². The normalized spacial score (nSPS) is 12.4. The van der Waals surface area contributed by atoms with Crippen molar-refractivity contribution in [2.75, 3.05) is 14.2 Å². The third-order valence-corrected chi connectivity index (χ3v) is 5.67. The second-order valence-corrected chi connectivity index (χ2v) is 9.12. The molecule has 0 aromatic heterocycles. The van der Waals surface area contributed by atoms with Crippen LogP contribution < -0.4 is 14.2 Å². The first-order valence-electron chi connectivity index (χ1n) is 12.2. The molecule has 1 aromatic carbocycles. The molecule has 0 spiro atoms. The van der Waals surface area contributed by atoms with Gasteiger partial charge in [-0.2, -0.15) is 0 Å². The van der Waals surface area contributed by atoms with Crippen LogP contribution in [0.25, 0.3) is 0 Å². The zero-order valence-electron chi connectivity index (χ0n) is 22.5. The number of carbonyl (C=O) groups is 1. The number of benzene rings is 1. The van der Waals surface area contributed by atoms with Crippen molar-refractivity contribution in [1.82, 2.24) is 0 Å². The van der Waals surface area contributed by atoms with Crippen LogP contribution in [-0.4, -0.2) is 20.2 Å². The standard InChI is InChI=1S/C30H44O4/c1-22(2)12-9-13-23(3)14-10-15-24(4)16-11-17-25(5)18-19-27-28(34-26(6)31)20-21-29(32-7)30(27)33-8/h12,14,16,18,20-21H,9-11,13,15,17,19H2,1-8H3. The van der Waals surface area contributed by atoms with Crippen LogP contribution in [0.5, 0.6) is 17.2 Å². The molecule has 0 heterocycles. The molecule has 34 heavy (non-hydrogen) atoms.